The molecule has 0 unspecified atom stereocenters. The molecule has 82 valence electrons. The number of rotatable bonds is 1. The Balaban J connectivity index is 2.49. The van der Waals surface area contributed by atoms with Gasteiger partial charge < -0.3 is 0 Å². The van der Waals surface area contributed by atoms with Crippen molar-refractivity contribution in [3.63, 3.8) is 0 Å². The van der Waals surface area contributed by atoms with Crippen LogP contribution in [0.1, 0.15) is 33.2 Å². The second-order valence-electron chi connectivity index (χ2n) is 4.37. The lowest BCUT2D eigenvalue weighted by Gasteiger charge is -2.04. The van der Waals surface area contributed by atoms with Gasteiger partial charge in [-0.1, -0.05) is 30.4 Å². The Morgan fingerprint density at radius 3 is 2.47 bits per heavy atom. The molecule has 0 aliphatic heterocycles. The summed E-state index contributed by atoms with van der Waals surface area (Å²) in [5.74, 6) is -0.802. The van der Waals surface area contributed by atoms with Crippen molar-refractivity contribution in [1.29, 1.82) is 0 Å². The van der Waals surface area contributed by atoms with Gasteiger partial charge in [0.2, 0.25) is 11.6 Å². The van der Waals surface area contributed by atoms with E-state index in [1.54, 1.807) is 18.2 Å². The Bertz CT molecular complexity index is 708. The zero-order chi connectivity index (χ0) is 12.2. The standard InChI is InChI=1S/C15H10O2/c1-8(2)10-6-9-4-3-5-11-13(9)12(7-10)15(17)14(11)16/h3-7H,1H2,2H3. The third-order valence-corrected chi connectivity index (χ3v) is 3.17. The highest BCUT2D eigenvalue weighted by Crippen LogP contribution is 2.33. The summed E-state index contributed by atoms with van der Waals surface area (Å²) in [7, 11) is 0. The van der Waals surface area contributed by atoms with Crippen molar-refractivity contribution < 1.29 is 9.59 Å². The minimum Gasteiger partial charge on any atom is -0.285 e. The molecule has 0 heterocycles. The van der Waals surface area contributed by atoms with Crippen LogP contribution in [0.2, 0.25) is 0 Å². The Labute approximate surface area is 98.6 Å². The van der Waals surface area contributed by atoms with Crippen LogP contribution in [0.4, 0.5) is 0 Å². The first-order valence-corrected chi connectivity index (χ1v) is 5.41. The SMILES string of the molecule is C=C(C)c1cc2c3c(cccc3c1)C(=O)C2=O. The van der Waals surface area contributed by atoms with E-state index in [1.165, 1.54) is 0 Å². The van der Waals surface area contributed by atoms with Crippen molar-refractivity contribution in [1.82, 2.24) is 0 Å². The first-order chi connectivity index (χ1) is 8.09. The van der Waals surface area contributed by atoms with E-state index in [-0.39, 0.29) is 0 Å². The van der Waals surface area contributed by atoms with Crippen LogP contribution in [-0.4, -0.2) is 11.6 Å². The van der Waals surface area contributed by atoms with Gasteiger partial charge in [0, 0.05) is 16.5 Å². The Kier molecular flexibility index (Phi) is 1.84. The lowest BCUT2D eigenvalue weighted by atomic mass is 9.99. The van der Waals surface area contributed by atoms with Gasteiger partial charge in [0.15, 0.2) is 0 Å². The summed E-state index contributed by atoms with van der Waals surface area (Å²) >= 11 is 0. The van der Waals surface area contributed by atoms with E-state index in [0.717, 1.165) is 21.9 Å². The van der Waals surface area contributed by atoms with E-state index in [2.05, 4.69) is 6.58 Å². The Morgan fingerprint density at radius 1 is 1.06 bits per heavy atom. The van der Waals surface area contributed by atoms with Gasteiger partial charge in [0.05, 0.1) is 0 Å². The lowest BCUT2D eigenvalue weighted by molar-refractivity contribution is 0.0825. The normalized spacial score (nSPS) is 13.5. The minimum atomic E-state index is -0.403. The van der Waals surface area contributed by atoms with Crippen molar-refractivity contribution in [3.8, 4) is 0 Å². The van der Waals surface area contributed by atoms with Gasteiger partial charge in [-0.3, -0.25) is 9.59 Å². The van der Waals surface area contributed by atoms with E-state index in [0.29, 0.717) is 11.1 Å². The van der Waals surface area contributed by atoms with Crippen molar-refractivity contribution in [2.24, 2.45) is 0 Å². The number of carbonyl (C=O) groups is 2. The van der Waals surface area contributed by atoms with E-state index in [4.69, 9.17) is 0 Å². The van der Waals surface area contributed by atoms with Crippen LogP contribution in [0.25, 0.3) is 16.3 Å². The monoisotopic (exact) mass is 222 g/mol. The number of ketones is 2. The zero-order valence-electron chi connectivity index (χ0n) is 9.41. The molecule has 2 aromatic carbocycles. The maximum Gasteiger partial charge on any atom is 0.234 e. The number of hydrogen-bond donors (Lipinski definition) is 0. The topological polar surface area (TPSA) is 34.1 Å². The molecule has 2 heteroatoms. The highest BCUT2D eigenvalue weighted by molar-refractivity contribution is 6.57. The molecule has 0 aromatic heterocycles. The maximum absolute atomic E-state index is 11.9. The molecule has 0 spiro atoms. The van der Waals surface area contributed by atoms with Crippen LogP contribution in [0.5, 0.6) is 0 Å². The molecular formula is C15H10O2. The van der Waals surface area contributed by atoms with E-state index in [1.807, 2.05) is 19.1 Å². The number of carbonyl (C=O) groups excluding carboxylic acids is 2. The second-order valence-corrected chi connectivity index (χ2v) is 4.37. The largest absolute Gasteiger partial charge is 0.285 e. The molecule has 17 heavy (non-hydrogen) atoms. The zero-order valence-corrected chi connectivity index (χ0v) is 9.41. The van der Waals surface area contributed by atoms with E-state index in [9.17, 15) is 9.59 Å². The number of hydrogen-bond acceptors (Lipinski definition) is 2. The molecule has 0 amide bonds. The molecule has 0 saturated heterocycles. The van der Waals surface area contributed by atoms with Crippen molar-refractivity contribution >= 4 is 27.9 Å². The fourth-order valence-electron chi connectivity index (χ4n) is 2.29. The van der Waals surface area contributed by atoms with Crippen LogP contribution in [0, 0.1) is 0 Å². The van der Waals surface area contributed by atoms with Crippen LogP contribution in [0.15, 0.2) is 36.9 Å². The van der Waals surface area contributed by atoms with Gasteiger partial charge in [0.25, 0.3) is 0 Å². The Morgan fingerprint density at radius 2 is 1.76 bits per heavy atom. The number of allylic oxidation sites excluding steroid dienone is 1. The van der Waals surface area contributed by atoms with E-state index < -0.39 is 11.6 Å². The first kappa shape index (κ1) is 9.97. The molecule has 2 nitrogen and oxygen atoms in total. The first-order valence-electron chi connectivity index (χ1n) is 5.41. The summed E-state index contributed by atoms with van der Waals surface area (Å²) < 4.78 is 0. The molecule has 0 fully saturated rings. The lowest BCUT2D eigenvalue weighted by Crippen LogP contribution is -2.06. The van der Waals surface area contributed by atoms with E-state index >= 15 is 0 Å². The summed E-state index contributed by atoms with van der Waals surface area (Å²) in [4.78, 5) is 23.7. The summed E-state index contributed by atoms with van der Waals surface area (Å²) in [6.07, 6.45) is 0. The minimum absolute atomic E-state index is 0.399. The highest BCUT2D eigenvalue weighted by atomic mass is 16.2. The summed E-state index contributed by atoms with van der Waals surface area (Å²) in [5.41, 5.74) is 2.84. The summed E-state index contributed by atoms with van der Waals surface area (Å²) in [6.45, 7) is 5.76. The third kappa shape index (κ3) is 1.21. The molecule has 1 aliphatic carbocycles. The average Bonchev–Trinajstić information content (AvgIpc) is 2.57. The molecule has 2 aromatic rings. The Hall–Kier alpha value is -2.22. The van der Waals surface area contributed by atoms with Crippen LogP contribution < -0.4 is 0 Å². The second kappa shape index (κ2) is 3.14. The molecule has 0 bridgehead atoms. The fourth-order valence-corrected chi connectivity index (χ4v) is 2.29. The van der Waals surface area contributed by atoms with Crippen LogP contribution in [0.3, 0.4) is 0 Å². The van der Waals surface area contributed by atoms with Gasteiger partial charge in [-0.2, -0.15) is 0 Å². The predicted octanol–water partition coefficient (Wildman–Crippen LogP) is 3.25. The smallest absolute Gasteiger partial charge is 0.234 e. The average molecular weight is 222 g/mol. The number of benzene rings is 2. The van der Waals surface area contributed by atoms with Gasteiger partial charge >= 0.3 is 0 Å². The van der Waals surface area contributed by atoms with Crippen molar-refractivity contribution in [2.45, 2.75) is 6.92 Å². The molecule has 0 radical (unpaired) electrons. The summed E-state index contributed by atoms with van der Waals surface area (Å²) in [5, 5.41) is 1.71. The fraction of sp³-hybridized carbons (Fsp3) is 0.0667. The van der Waals surface area contributed by atoms with Gasteiger partial charge in [0.1, 0.15) is 0 Å². The van der Waals surface area contributed by atoms with Gasteiger partial charge in [-0.15, -0.1) is 0 Å². The summed E-state index contributed by atoms with van der Waals surface area (Å²) in [6, 6.07) is 9.16. The molecule has 0 saturated carbocycles. The van der Waals surface area contributed by atoms with Crippen molar-refractivity contribution in [2.75, 3.05) is 0 Å². The molecule has 3 rings (SSSR count). The maximum atomic E-state index is 11.9. The number of Topliss-reactive ketones (excluding diaryl/α,β-unsaturated/α-hetero) is 2. The third-order valence-electron chi connectivity index (χ3n) is 3.17. The van der Waals surface area contributed by atoms with Gasteiger partial charge in [-0.05, 0) is 30.0 Å². The van der Waals surface area contributed by atoms with Gasteiger partial charge in [-0.25, -0.2) is 0 Å². The highest BCUT2D eigenvalue weighted by Gasteiger charge is 2.30. The molecule has 0 N–H and O–H groups in total. The molecule has 1 aliphatic rings. The van der Waals surface area contributed by atoms with Crippen LogP contribution >= 0.6 is 0 Å². The van der Waals surface area contributed by atoms with Crippen LogP contribution in [-0.2, 0) is 0 Å². The quantitative estimate of drug-likeness (QED) is 0.694. The van der Waals surface area contributed by atoms with Crippen molar-refractivity contribution in [3.05, 3.63) is 53.6 Å². The molecule has 0 atom stereocenters. The molecular weight excluding hydrogens is 212 g/mol. The predicted molar refractivity (Wildman–Crippen MR) is 67.3 cm³/mol.